The highest BCUT2D eigenvalue weighted by atomic mass is 14.1. The lowest BCUT2D eigenvalue weighted by Gasteiger charge is -2.06. The van der Waals surface area contributed by atoms with Gasteiger partial charge in [0.25, 0.3) is 0 Å². The molecule has 0 spiro atoms. The van der Waals surface area contributed by atoms with Crippen LogP contribution in [-0.4, -0.2) is 0 Å². The average molecular weight is 192 g/mol. The summed E-state index contributed by atoms with van der Waals surface area (Å²) in [6.45, 7) is 0. The first-order valence-corrected chi connectivity index (χ1v) is 4.98. The molecule has 0 bridgehead atoms. The van der Waals surface area contributed by atoms with Crippen LogP contribution < -0.4 is 0 Å². The topological polar surface area (TPSA) is 0 Å². The predicted octanol–water partition coefficient (Wildman–Crippen LogP) is 3.53. The fourth-order valence-corrected chi connectivity index (χ4v) is 1.68. The summed E-state index contributed by atoms with van der Waals surface area (Å²) in [5, 5.41) is 0. The maximum absolute atomic E-state index is 5.36. The van der Waals surface area contributed by atoms with E-state index in [9.17, 15) is 0 Å². The summed E-state index contributed by atoms with van der Waals surface area (Å²) in [4.78, 5) is 0. The third-order valence-corrected chi connectivity index (χ3v) is 2.39. The SMILES string of the molecule is C#CCc1ccccc1-c1ccccc1. The van der Waals surface area contributed by atoms with Crippen molar-refractivity contribution in [2.45, 2.75) is 6.42 Å². The Bertz CT molecular complexity index is 475. The van der Waals surface area contributed by atoms with Crippen molar-refractivity contribution < 1.29 is 0 Å². The molecule has 2 rings (SSSR count). The predicted molar refractivity (Wildman–Crippen MR) is 64.4 cm³/mol. The van der Waals surface area contributed by atoms with E-state index >= 15 is 0 Å². The monoisotopic (exact) mass is 192 g/mol. The van der Waals surface area contributed by atoms with Gasteiger partial charge in [-0.15, -0.1) is 12.3 Å². The zero-order valence-corrected chi connectivity index (χ0v) is 8.48. The Morgan fingerprint density at radius 3 is 2.27 bits per heavy atom. The van der Waals surface area contributed by atoms with Gasteiger partial charge >= 0.3 is 0 Å². The van der Waals surface area contributed by atoms with E-state index in [1.165, 1.54) is 16.7 Å². The van der Waals surface area contributed by atoms with Gasteiger partial charge in [0.2, 0.25) is 0 Å². The Morgan fingerprint density at radius 2 is 1.53 bits per heavy atom. The van der Waals surface area contributed by atoms with E-state index in [-0.39, 0.29) is 0 Å². The van der Waals surface area contributed by atoms with Crippen molar-refractivity contribution in [2.24, 2.45) is 0 Å². The quantitative estimate of drug-likeness (QED) is 0.638. The van der Waals surface area contributed by atoms with Gasteiger partial charge in [-0.1, -0.05) is 54.6 Å². The third kappa shape index (κ3) is 2.08. The van der Waals surface area contributed by atoms with Crippen LogP contribution in [0.3, 0.4) is 0 Å². The van der Waals surface area contributed by atoms with Crippen LogP contribution in [0.1, 0.15) is 5.56 Å². The molecule has 0 aliphatic heterocycles. The first kappa shape index (κ1) is 9.55. The van der Waals surface area contributed by atoms with E-state index in [1.807, 2.05) is 30.3 Å². The summed E-state index contributed by atoms with van der Waals surface area (Å²) in [6.07, 6.45) is 6.04. The van der Waals surface area contributed by atoms with Crippen molar-refractivity contribution in [3.8, 4) is 23.5 Å². The molecule has 0 atom stereocenters. The molecule has 0 nitrogen and oxygen atoms in total. The molecule has 15 heavy (non-hydrogen) atoms. The van der Waals surface area contributed by atoms with Gasteiger partial charge in [-0.25, -0.2) is 0 Å². The molecule has 0 heterocycles. The van der Waals surface area contributed by atoms with E-state index in [4.69, 9.17) is 6.42 Å². The summed E-state index contributed by atoms with van der Waals surface area (Å²) in [5.41, 5.74) is 3.67. The summed E-state index contributed by atoms with van der Waals surface area (Å²) in [6, 6.07) is 18.6. The highest BCUT2D eigenvalue weighted by Gasteiger charge is 2.01. The molecule has 2 aromatic rings. The van der Waals surface area contributed by atoms with Crippen LogP contribution in [-0.2, 0) is 6.42 Å². The third-order valence-electron chi connectivity index (χ3n) is 2.39. The second kappa shape index (κ2) is 4.48. The molecule has 0 saturated carbocycles. The minimum Gasteiger partial charge on any atom is -0.120 e. The molecular formula is C15H12. The number of terminal acetylenes is 1. The van der Waals surface area contributed by atoms with Gasteiger partial charge in [-0.3, -0.25) is 0 Å². The largest absolute Gasteiger partial charge is 0.120 e. The molecule has 0 N–H and O–H groups in total. The molecule has 0 saturated heterocycles. The van der Waals surface area contributed by atoms with Crippen molar-refractivity contribution in [2.75, 3.05) is 0 Å². The van der Waals surface area contributed by atoms with Crippen LogP contribution in [0.25, 0.3) is 11.1 Å². The Kier molecular flexibility index (Phi) is 2.85. The maximum atomic E-state index is 5.36. The Morgan fingerprint density at radius 1 is 0.867 bits per heavy atom. The normalized spacial score (nSPS) is 9.53. The molecule has 0 aromatic heterocycles. The molecular weight excluding hydrogens is 180 g/mol. The fourth-order valence-electron chi connectivity index (χ4n) is 1.68. The minimum atomic E-state index is 0.686. The Balaban J connectivity index is 2.49. The Hall–Kier alpha value is -2.00. The number of hydrogen-bond donors (Lipinski definition) is 0. The molecule has 0 aliphatic carbocycles. The van der Waals surface area contributed by atoms with Crippen molar-refractivity contribution >= 4 is 0 Å². The van der Waals surface area contributed by atoms with Gasteiger partial charge in [0.1, 0.15) is 0 Å². The first-order valence-electron chi connectivity index (χ1n) is 4.98. The summed E-state index contributed by atoms with van der Waals surface area (Å²) < 4.78 is 0. The fraction of sp³-hybridized carbons (Fsp3) is 0.0667. The van der Waals surface area contributed by atoms with Crippen molar-refractivity contribution in [1.82, 2.24) is 0 Å². The standard InChI is InChI=1S/C15H12/c1-2-8-13-11-6-7-12-15(13)14-9-4-3-5-10-14/h1,3-7,9-12H,8H2. The lowest BCUT2D eigenvalue weighted by Crippen LogP contribution is -1.87. The second-order valence-corrected chi connectivity index (χ2v) is 3.40. The summed E-state index contributed by atoms with van der Waals surface area (Å²) in [5.74, 6) is 2.69. The van der Waals surface area contributed by atoms with E-state index in [0.29, 0.717) is 6.42 Å². The molecule has 0 heteroatoms. The lowest BCUT2D eigenvalue weighted by atomic mass is 9.98. The van der Waals surface area contributed by atoms with Crippen LogP contribution in [0, 0.1) is 12.3 Å². The van der Waals surface area contributed by atoms with Crippen molar-refractivity contribution in [3.05, 3.63) is 60.2 Å². The zero-order valence-electron chi connectivity index (χ0n) is 8.48. The smallest absolute Gasteiger partial charge is 0.0343 e. The van der Waals surface area contributed by atoms with Gasteiger partial charge in [-0.2, -0.15) is 0 Å². The van der Waals surface area contributed by atoms with Crippen LogP contribution in [0.5, 0.6) is 0 Å². The number of benzene rings is 2. The van der Waals surface area contributed by atoms with E-state index < -0.39 is 0 Å². The number of hydrogen-bond acceptors (Lipinski definition) is 0. The highest BCUT2D eigenvalue weighted by molar-refractivity contribution is 5.67. The Labute approximate surface area is 90.6 Å². The average Bonchev–Trinajstić information content (AvgIpc) is 2.31. The van der Waals surface area contributed by atoms with Gasteiger partial charge in [0.15, 0.2) is 0 Å². The van der Waals surface area contributed by atoms with E-state index in [2.05, 4.69) is 30.2 Å². The molecule has 0 unspecified atom stereocenters. The zero-order chi connectivity index (χ0) is 10.5. The number of rotatable bonds is 2. The van der Waals surface area contributed by atoms with Crippen molar-refractivity contribution in [1.29, 1.82) is 0 Å². The van der Waals surface area contributed by atoms with Gasteiger partial charge in [0, 0.05) is 6.42 Å². The molecule has 72 valence electrons. The lowest BCUT2D eigenvalue weighted by molar-refractivity contribution is 1.32. The minimum absolute atomic E-state index is 0.686. The van der Waals surface area contributed by atoms with Crippen LogP contribution >= 0.6 is 0 Å². The molecule has 2 aromatic carbocycles. The van der Waals surface area contributed by atoms with Crippen LogP contribution in [0.4, 0.5) is 0 Å². The van der Waals surface area contributed by atoms with Gasteiger partial charge in [0.05, 0.1) is 0 Å². The first-order chi connectivity index (χ1) is 7.42. The van der Waals surface area contributed by atoms with E-state index in [1.54, 1.807) is 0 Å². The van der Waals surface area contributed by atoms with Crippen molar-refractivity contribution in [3.63, 3.8) is 0 Å². The molecule has 0 radical (unpaired) electrons. The van der Waals surface area contributed by atoms with Crippen LogP contribution in [0.15, 0.2) is 54.6 Å². The second-order valence-electron chi connectivity index (χ2n) is 3.40. The highest BCUT2D eigenvalue weighted by Crippen LogP contribution is 2.23. The van der Waals surface area contributed by atoms with E-state index in [0.717, 1.165) is 0 Å². The summed E-state index contributed by atoms with van der Waals surface area (Å²) >= 11 is 0. The molecule has 0 fully saturated rings. The van der Waals surface area contributed by atoms with Gasteiger partial charge < -0.3 is 0 Å². The van der Waals surface area contributed by atoms with Gasteiger partial charge in [-0.05, 0) is 16.7 Å². The molecule has 0 aliphatic rings. The van der Waals surface area contributed by atoms with Crippen LogP contribution in [0.2, 0.25) is 0 Å². The molecule has 0 amide bonds. The summed E-state index contributed by atoms with van der Waals surface area (Å²) in [7, 11) is 0. The maximum Gasteiger partial charge on any atom is 0.0343 e.